The van der Waals surface area contributed by atoms with Gasteiger partial charge < -0.3 is 20.1 Å². The van der Waals surface area contributed by atoms with Crippen LogP contribution in [0.3, 0.4) is 0 Å². The van der Waals surface area contributed by atoms with Crippen molar-refractivity contribution in [1.82, 2.24) is 15.6 Å². The van der Waals surface area contributed by atoms with Crippen LogP contribution in [-0.4, -0.2) is 37.7 Å². The third kappa shape index (κ3) is 8.35. The van der Waals surface area contributed by atoms with Crippen molar-refractivity contribution in [3.8, 4) is 11.6 Å². The molecule has 0 unspecified atom stereocenters. The molecule has 0 aliphatic carbocycles. The van der Waals surface area contributed by atoms with Gasteiger partial charge >= 0.3 is 0 Å². The Morgan fingerprint density at radius 3 is 2.54 bits per heavy atom. The first-order valence-electron chi connectivity index (χ1n) is 9.47. The van der Waals surface area contributed by atoms with Gasteiger partial charge in [0.1, 0.15) is 11.6 Å². The van der Waals surface area contributed by atoms with Gasteiger partial charge in [-0.15, -0.1) is 0 Å². The molecule has 2 N–H and O–H groups in total. The number of aliphatic imine (C=N–C) groups is 1. The molecule has 0 saturated carbocycles. The molecule has 2 rings (SSSR count). The molecule has 0 aliphatic rings. The monoisotopic (exact) mass is 388 g/mol. The molecule has 152 valence electrons. The Hall–Kier alpha value is -2.67. The van der Waals surface area contributed by atoms with Gasteiger partial charge in [-0.3, -0.25) is 4.99 Å². The van der Waals surface area contributed by atoms with E-state index in [1.807, 2.05) is 6.07 Å². The SMILES string of the molecule is CN=C(NCCOCCC(C)C)NCc1ccc(Oc2ccc(F)cc2)nc1. The first kappa shape index (κ1) is 21.6. The molecular weight excluding hydrogens is 359 g/mol. The highest BCUT2D eigenvalue weighted by molar-refractivity contribution is 5.79. The molecule has 0 atom stereocenters. The highest BCUT2D eigenvalue weighted by Gasteiger charge is 2.02. The lowest BCUT2D eigenvalue weighted by atomic mass is 10.1. The van der Waals surface area contributed by atoms with Crippen molar-refractivity contribution in [1.29, 1.82) is 0 Å². The Balaban J connectivity index is 1.70. The van der Waals surface area contributed by atoms with E-state index in [4.69, 9.17) is 9.47 Å². The van der Waals surface area contributed by atoms with Crippen LogP contribution in [0.4, 0.5) is 4.39 Å². The fourth-order valence-corrected chi connectivity index (χ4v) is 2.27. The maximum Gasteiger partial charge on any atom is 0.219 e. The van der Waals surface area contributed by atoms with Crippen molar-refractivity contribution in [2.45, 2.75) is 26.8 Å². The van der Waals surface area contributed by atoms with Gasteiger partial charge in [0.2, 0.25) is 5.88 Å². The summed E-state index contributed by atoms with van der Waals surface area (Å²) in [5.74, 6) is 2.06. The number of halogens is 1. The van der Waals surface area contributed by atoms with Crippen molar-refractivity contribution in [3.05, 3.63) is 54.0 Å². The average molecular weight is 388 g/mol. The Kier molecular flexibility index (Phi) is 9.21. The summed E-state index contributed by atoms with van der Waals surface area (Å²) in [7, 11) is 1.73. The molecule has 1 aromatic carbocycles. The lowest BCUT2D eigenvalue weighted by Gasteiger charge is -2.12. The van der Waals surface area contributed by atoms with Crippen molar-refractivity contribution in [2.24, 2.45) is 10.9 Å². The molecule has 0 spiro atoms. The molecule has 1 heterocycles. The van der Waals surface area contributed by atoms with Crippen molar-refractivity contribution < 1.29 is 13.9 Å². The number of nitrogens with one attached hydrogen (secondary N) is 2. The predicted octanol–water partition coefficient (Wildman–Crippen LogP) is 3.74. The molecule has 6 nitrogen and oxygen atoms in total. The molecule has 0 radical (unpaired) electrons. The van der Waals surface area contributed by atoms with E-state index in [2.05, 4.69) is 34.5 Å². The summed E-state index contributed by atoms with van der Waals surface area (Å²) in [4.78, 5) is 8.47. The fraction of sp³-hybridized carbons (Fsp3) is 0.429. The smallest absolute Gasteiger partial charge is 0.219 e. The molecular formula is C21H29FN4O2. The van der Waals surface area contributed by atoms with E-state index in [1.165, 1.54) is 12.1 Å². The molecule has 1 aromatic heterocycles. The standard InChI is InChI=1S/C21H29FN4O2/c1-16(2)10-12-27-13-11-24-21(23-3)26-15-17-4-9-20(25-14-17)28-19-7-5-18(22)6-8-19/h4-9,14,16H,10-13,15H2,1-3H3,(H2,23,24,26). The van der Waals surface area contributed by atoms with Gasteiger partial charge in [0.05, 0.1) is 6.61 Å². The quantitative estimate of drug-likeness (QED) is 0.369. The Labute approximate surface area is 166 Å². The van der Waals surface area contributed by atoms with Crippen molar-refractivity contribution >= 4 is 5.96 Å². The van der Waals surface area contributed by atoms with Gasteiger partial charge in [-0.1, -0.05) is 19.9 Å². The summed E-state index contributed by atoms with van der Waals surface area (Å²) in [6.07, 6.45) is 2.80. The highest BCUT2D eigenvalue weighted by Crippen LogP contribution is 2.19. The van der Waals surface area contributed by atoms with Crippen LogP contribution < -0.4 is 15.4 Å². The second-order valence-corrected chi connectivity index (χ2v) is 6.71. The largest absolute Gasteiger partial charge is 0.439 e. The number of pyridine rings is 1. The lowest BCUT2D eigenvalue weighted by molar-refractivity contribution is 0.128. The highest BCUT2D eigenvalue weighted by atomic mass is 19.1. The third-order valence-electron chi connectivity index (χ3n) is 3.90. The van der Waals surface area contributed by atoms with E-state index in [1.54, 1.807) is 31.4 Å². The summed E-state index contributed by atoms with van der Waals surface area (Å²) in [6, 6.07) is 9.52. The van der Waals surface area contributed by atoms with E-state index in [-0.39, 0.29) is 5.82 Å². The number of guanidine groups is 1. The molecule has 7 heteroatoms. The van der Waals surface area contributed by atoms with Gasteiger partial charge in [-0.25, -0.2) is 9.37 Å². The summed E-state index contributed by atoms with van der Waals surface area (Å²) in [5, 5.41) is 6.45. The molecule has 2 aromatic rings. The number of aromatic nitrogens is 1. The molecule has 0 saturated heterocycles. The van der Waals surface area contributed by atoms with Crippen LogP contribution in [0.1, 0.15) is 25.8 Å². The average Bonchev–Trinajstić information content (AvgIpc) is 2.69. The summed E-state index contributed by atoms with van der Waals surface area (Å²) in [6.45, 7) is 7.07. The van der Waals surface area contributed by atoms with Gasteiger partial charge in [0, 0.05) is 39.0 Å². The van der Waals surface area contributed by atoms with E-state index < -0.39 is 0 Å². The zero-order valence-electron chi connectivity index (χ0n) is 16.7. The zero-order valence-corrected chi connectivity index (χ0v) is 16.7. The second-order valence-electron chi connectivity index (χ2n) is 6.71. The second kappa shape index (κ2) is 11.9. The molecule has 28 heavy (non-hydrogen) atoms. The van der Waals surface area contributed by atoms with Crippen molar-refractivity contribution in [3.63, 3.8) is 0 Å². The van der Waals surface area contributed by atoms with Gasteiger partial charge in [-0.05, 0) is 42.2 Å². The topological polar surface area (TPSA) is 67.8 Å². The fourth-order valence-electron chi connectivity index (χ4n) is 2.27. The maximum absolute atomic E-state index is 12.9. The van der Waals surface area contributed by atoms with Crippen LogP contribution in [0.5, 0.6) is 11.6 Å². The minimum atomic E-state index is -0.300. The van der Waals surface area contributed by atoms with Gasteiger partial charge in [-0.2, -0.15) is 0 Å². The van der Waals surface area contributed by atoms with E-state index in [0.29, 0.717) is 43.2 Å². The van der Waals surface area contributed by atoms with E-state index in [9.17, 15) is 4.39 Å². The van der Waals surface area contributed by atoms with Crippen molar-refractivity contribution in [2.75, 3.05) is 26.8 Å². The van der Waals surface area contributed by atoms with Gasteiger partial charge in [0.15, 0.2) is 5.96 Å². The first-order valence-corrected chi connectivity index (χ1v) is 9.47. The van der Waals surface area contributed by atoms with Crippen LogP contribution in [0.25, 0.3) is 0 Å². The number of ether oxygens (including phenoxy) is 2. The first-order chi connectivity index (χ1) is 13.6. The van der Waals surface area contributed by atoms with Crippen LogP contribution in [0, 0.1) is 11.7 Å². The number of rotatable bonds is 10. The van der Waals surface area contributed by atoms with Crippen LogP contribution >= 0.6 is 0 Å². The van der Waals surface area contributed by atoms with E-state index in [0.717, 1.165) is 18.6 Å². The molecule has 0 aliphatic heterocycles. The Morgan fingerprint density at radius 2 is 1.89 bits per heavy atom. The van der Waals surface area contributed by atoms with Gasteiger partial charge in [0.25, 0.3) is 0 Å². The summed E-state index contributed by atoms with van der Waals surface area (Å²) < 4.78 is 24.1. The predicted molar refractivity (Wildman–Crippen MR) is 109 cm³/mol. The van der Waals surface area contributed by atoms with Crippen LogP contribution in [-0.2, 0) is 11.3 Å². The minimum absolute atomic E-state index is 0.300. The molecule has 0 fully saturated rings. The van der Waals surface area contributed by atoms with Crippen LogP contribution in [0.2, 0.25) is 0 Å². The molecule has 0 amide bonds. The third-order valence-corrected chi connectivity index (χ3v) is 3.90. The number of hydrogen-bond acceptors (Lipinski definition) is 4. The zero-order chi connectivity index (χ0) is 20.2. The van der Waals surface area contributed by atoms with Crippen LogP contribution in [0.15, 0.2) is 47.6 Å². The maximum atomic E-state index is 12.9. The normalized spacial score (nSPS) is 11.5. The van der Waals surface area contributed by atoms with E-state index >= 15 is 0 Å². The number of benzene rings is 1. The summed E-state index contributed by atoms with van der Waals surface area (Å²) >= 11 is 0. The lowest BCUT2D eigenvalue weighted by Crippen LogP contribution is -2.38. The minimum Gasteiger partial charge on any atom is -0.439 e. The Bertz CT molecular complexity index is 718. The molecule has 0 bridgehead atoms. The number of nitrogens with zero attached hydrogens (tertiary/aromatic N) is 2. The number of hydrogen-bond donors (Lipinski definition) is 2. The summed E-state index contributed by atoms with van der Waals surface area (Å²) in [5.41, 5.74) is 0.989. The Morgan fingerprint density at radius 1 is 1.11 bits per heavy atom.